The van der Waals surface area contributed by atoms with Crippen molar-refractivity contribution >= 4 is 46.0 Å². The number of anilines is 1. The monoisotopic (exact) mass is 553 g/mol. The topological polar surface area (TPSA) is 95.7 Å². The molecule has 9 heteroatoms. The highest BCUT2D eigenvalue weighted by Crippen LogP contribution is 2.44. The fourth-order valence-corrected chi connectivity index (χ4v) is 6.09. The average Bonchev–Trinajstić information content (AvgIpc) is 3.53. The zero-order chi connectivity index (χ0) is 28.1. The highest BCUT2D eigenvalue weighted by atomic mass is 32.1. The fraction of sp³-hybridized carbons (Fsp3) is 0.290. The van der Waals surface area contributed by atoms with E-state index in [1.165, 1.54) is 33.6 Å². The number of hydrogen-bond acceptors (Lipinski definition) is 7. The molecule has 1 aliphatic carbocycles. The maximum absolute atomic E-state index is 13.0. The van der Waals surface area contributed by atoms with E-state index < -0.39 is 24.4 Å². The van der Waals surface area contributed by atoms with Crippen molar-refractivity contribution in [3.05, 3.63) is 88.9 Å². The summed E-state index contributed by atoms with van der Waals surface area (Å²) in [6.45, 7) is 8.45. The van der Waals surface area contributed by atoms with E-state index in [4.69, 9.17) is 19.8 Å². The molecule has 0 unspecified atom stereocenters. The van der Waals surface area contributed by atoms with E-state index in [-0.39, 0.29) is 19.1 Å². The number of amides is 1. The van der Waals surface area contributed by atoms with Crippen LogP contribution >= 0.6 is 11.3 Å². The third-order valence-electron chi connectivity index (χ3n) is 8.14. The molecule has 4 aromatic rings. The molecule has 3 N–H and O–H groups in total. The van der Waals surface area contributed by atoms with Gasteiger partial charge in [-0.05, 0) is 61.5 Å². The molecule has 1 fully saturated rings. The van der Waals surface area contributed by atoms with E-state index in [1.807, 2.05) is 76.2 Å². The quantitative estimate of drug-likeness (QED) is 0.267. The maximum atomic E-state index is 13.0. The molecule has 0 radical (unpaired) electrons. The number of ether oxygens (including phenoxy) is 1. The number of benzene rings is 3. The van der Waals surface area contributed by atoms with Gasteiger partial charge < -0.3 is 25.1 Å². The summed E-state index contributed by atoms with van der Waals surface area (Å²) in [4.78, 5) is 17.5. The van der Waals surface area contributed by atoms with Crippen LogP contribution < -0.4 is 11.1 Å². The van der Waals surface area contributed by atoms with Gasteiger partial charge in [0.2, 0.25) is 0 Å². The van der Waals surface area contributed by atoms with Crippen LogP contribution in [0.2, 0.25) is 0 Å². The van der Waals surface area contributed by atoms with E-state index in [2.05, 4.69) is 34.6 Å². The molecule has 204 valence electrons. The van der Waals surface area contributed by atoms with Gasteiger partial charge in [-0.15, -0.1) is 0 Å². The van der Waals surface area contributed by atoms with Crippen molar-refractivity contribution in [1.29, 1.82) is 0 Å². The van der Waals surface area contributed by atoms with Crippen LogP contribution in [0.3, 0.4) is 0 Å². The number of carbonyl (C=O) groups is 1. The Labute approximate surface area is 238 Å². The van der Waals surface area contributed by atoms with Gasteiger partial charge in [-0.3, -0.25) is 0 Å². The van der Waals surface area contributed by atoms with Gasteiger partial charge in [0.05, 0.1) is 21.4 Å². The van der Waals surface area contributed by atoms with Gasteiger partial charge in [0.25, 0.3) is 0 Å². The molecule has 6 rings (SSSR count). The van der Waals surface area contributed by atoms with Crippen molar-refractivity contribution in [2.75, 3.05) is 18.9 Å². The van der Waals surface area contributed by atoms with E-state index >= 15 is 0 Å². The van der Waals surface area contributed by atoms with Crippen LogP contribution in [0.15, 0.2) is 72.2 Å². The Balaban J connectivity index is 1.21. The van der Waals surface area contributed by atoms with E-state index in [0.29, 0.717) is 5.13 Å². The standard InChI is InChI=1S/C31H32BN3O4S/c1-30(2)31(3,4)39-32(38-30)20(16-19-10-9-15-26-27(19)35-28(33)40-26)17-34-29(36)37-18-25-23-13-7-5-11-21(23)22-12-6-8-14-24(22)25/h5-16,25H,17-18H2,1-4H3,(H2,33,35)(H,34,36). The van der Waals surface area contributed by atoms with Gasteiger partial charge in [-0.2, -0.15) is 0 Å². The number of hydrogen-bond donors (Lipinski definition) is 2. The van der Waals surface area contributed by atoms with Crippen LogP contribution in [-0.4, -0.2) is 42.5 Å². The van der Waals surface area contributed by atoms with Gasteiger partial charge in [0.15, 0.2) is 5.13 Å². The Morgan fingerprint density at radius 1 is 1.00 bits per heavy atom. The average molecular weight is 553 g/mol. The molecule has 1 aromatic heterocycles. The molecule has 1 saturated heterocycles. The number of nitrogens with one attached hydrogen (secondary N) is 1. The Hall–Kier alpha value is -3.66. The molecule has 1 amide bonds. The Kier molecular flexibility index (Phi) is 6.69. The van der Waals surface area contributed by atoms with Gasteiger partial charge >= 0.3 is 13.2 Å². The second-order valence-electron chi connectivity index (χ2n) is 11.2. The number of carbonyl (C=O) groups excluding carboxylic acids is 1. The second-order valence-corrected chi connectivity index (χ2v) is 12.3. The third-order valence-corrected chi connectivity index (χ3v) is 8.99. The van der Waals surface area contributed by atoms with Crippen LogP contribution in [0.1, 0.15) is 50.3 Å². The van der Waals surface area contributed by atoms with E-state index in [0.717, 1.165) is 21.3 Å². The van der Waals surface area contributed by atoms with Crippen molar-refractivity contribution in [2.45, 2.75) is 44.8 Å². The molecule has 0 spiro atoms. The smallest absolute Gasteiger partial charge is 0.449 e. The number of nitrogen functional groups attached to an aromatic ring is 1. The van der Waals surface area contributed by atoms with Crippen molar-refractivity contribution in [3.63, 3.8) is 0 Å². The summed E-state index contributed by atoms with van der Waals surface area (Å²) in [5.74, 6) is -0.0102. The van der Waals surface area contributed by atoms with E-state index in [1.54, 1.807) is 0 Å². The predicted molar refractivity (Wildman–Crippen MR) is 161 cm³/mol. The van der Waals surface area contributed by atoms with Gasteiger partial charge in [-0.1, -0.05) is 78.1 Å². The normalized spacial score (nSPS) is 17.6. The molecule has 7 nitrogen and oxygen atoms in total. The van der Waals surface area contributed by atoms with Gasteiger partial charge in [0, 0.05) is 18.0 Å². The van der Waals surface area contributed by atoms with Gasteiger partial charge in [0.1, 0.15) is 6.61 Å². The largest absolute Gasteiger partial charge is 0.492 e. The lowest BCUT2D eigenvalue weighted by Crippen LogP contribution is -2.41. The molecule has 0 atom stereocenters. The zero-order valence-corrected chi connectivity index (χ0v) is 23.9. The van der Waals surface area contributed by atoms with E-state index in [9.17, 15) is 4.79 Å². The van der Waals surface area contributed by atoms with Crippen molar-refractivity contribution in [3.8, 4) is 11.1 Å². The first-order chi connectivity index (χ1) is 19.1. The highest BCUT2D eigenvalue weighted by Gasteiger charge is 2.52. The summed E-state index contributed by atoms with van der Waals surface area (Å²) in [5.41, 5.74) is 12.1. The fourth-order valence-electron chi connectivity index (χ4n) is 5.32. The maximum Gasteiger partial charge on any atom is 0.492 e. The summed E-state index contributed by atoms with van der Waals surface area (Å²) in [6.07, 6.45) is 1.47. The summed E-state index contributed by atoms with van der Waals surface area (Å²) >= 11 is 1.44. The molecule has 2 aliphatic rings. The zero-order valence-electron chi connectivity index (χ0n) is 23.1. The number of thiazole rings is 1. The molecule has 3 aromatic carbocycles. The van der Waals surface area contributed by atoms with Crippen LogP contribution in [0, 0.1) is 0 Å². The summed E-state index contributed by atoms with van der Waals surface area (Å²) in [5, 5.41) is 3.43. The number of para-hydroxylation sites is 1. The minimum Gasteiger partial charge on any atom is -0.449 e. The number of nitrogens with zero attached hydrogens (tertiary/aromatic N) is 1. The number of rotatable bonds is 6. The molecular weight excluding hydrogens is 521 g/mol. The summed E-state index contributed by atoms with van der Waals surface area (Å²) in [6, 6.07) is 22.5. The number of fused-ring (bicyclic) bond motifs is 4. The number of nitrogens with two attached hydrogens (primary N) is 1. The highest BCUT2D eigenvalue weighted by molar-refractivity contribution is 7.22. The van der Waals surface area contributed by atoms with Gasteiger partial charge in [-0.25, -0.2) is 9.78 Å². The lowest BCUT2D eigenvalue weighted by Gasteiger charge is -2.32. The Morgan fingerprint density at radius 3 is 2.27 bits per heavy atom. The predicted octanol–water partition coefficient (Wildman–Crippen LogP) is 6.43. The Bertz CT molecular complexity index is 1570. The lowest BCUT2D eigenvalue weighted by molar-refractivity contribution is 0.00578. The summed E-state index contributed by atoms with van der Waals surface area (Å²) in [7, 11) is -0.648. The molecule has 0 saturated carbocycles. The molecule has 2 heterocycles. The third kappa shape index (κ3) is 4.78. The first kappa shape index (κ1) is 26.6. The van der Waals surface area contributed by atoms with Crippen LogP contribution in [-0.2, 0) is 14.0 Å². The second kappa shape index (κ2) is 10.1. The molecular formula is C31H32BN3O4S. The van der Waals surface area contributed by atoms with Crippen molar-refractivity contribution < 1.29 is 18.8 Å². The van der Waals surface area contributed by atoms with Crippen molar-refractivity contribution in [1.82, 2.24) is 10.3 Å². The van der Waals surface area contributed by atoms with Crippen LogP contribution in [0.25, 0.3) is 27.4 Å². The minimum absolute atomic E-state index is 0.0102. The molecule has 0 bridgehead atoms. The summed E-state index contributed by atoms with van der Waals surface area (Å²) < 4.78 is 19.4. The first-order valence-corrected chi connectivity index (χ1v) is 14.2. The Morgan fingerprint density at radius 2 is 1.62 bits per heavy atom. The molecule has 1 aliphatic heterocycles. The molecule has 40 heavy (non-hydrogen) atoms. The first-order valence-electron chi connectivity index (χ1n) is 13.4. The number of alkyl carbamates (subject to hydrolysis) is 1. The van der Waals surface area contributed by atoms with Crippen LogP contribution in [0.4, 0.5) is 9.93 Å². The van der Waals surface area contributed by atoms with Crippen LogP contribution in [0.5, 0.6) is 0 Å². The van der Waals surface area contributed by atoms with Crippen molar-refractivity contribution in [2.24, 2.45) is 0 Å². The lowest BCUT2D eigenvalue weighted by atomic mass is 9.77. The SMILES string of the molecule is CC1(C)OB(C(=Cc2cccc3sc(N)nc23)CNC(=O)OCC2c3ccccc3-c3ccccc32)OC1(C)C. The number of aromatic nitrogens is 1. The minimum atomic E-state index is -0.648.